The van der Waals surface area contributed by atoms with E-state index in [4.69, 9.17) is 27.9 Å². The number of hydrogen-bond donors (Lipinski definition) is 1. The van der Waals surface area contributed by atoms with Crippen molar-refractivity contribution >= 4 is 46.6 Å². The van der Waals surface area contributed by atoms with E-state index < -0.39 is 24.3 Å². The van der Waals surface area contributed by atoms with Crippen molar-refractivity contribution in [2.24, 2.45) is 0 Å². The summed E-state index contributed by atoms with van der Waals surface area (Å²) in [5.41, 5.74) is 0.793. The third-order valence-corrected chi connectivity index (χ3v) is 4.41. The number of nitrogens with one attached hydrogen (secondary N) is 1. The Morgan fingerprint density at radius 3 is 2.04 bits per heavy atom. The molecule has 0 atom stereocenters. The SMILES string of the molecule is COc1ccc(NC(=O)CN2C(=O)c3cc(Cl)c(Cl)cc3C2=O)cc1. The number of imide groups is 1. The second-order valence-corrected chi connectivity index (χ2v) is 6.10. The molecule has 2 aromatic rings. The lowest BCUT2D eigenvalue weighted by Crippen LogP contribution is -2.37. The number of fused-ring (bicyclic) bond motifs is 1. The Bertz CT molecular complexity index is 840. The van der Waals surface area contributed by atoms with E-state index in [9.17, 15) is 14.4 Å². The highest BCUT2D eigenvalue weighted by Crippen LogP contribution is 2.31. The first-order valence-electron chi connectivity index (χ1n) is 7.20. The number of benzene rings is 2. The molecule has 3 amide bonds. The van der Waals surface area contributed by atoms with Gasteiger partial charge in [0, 0.05) is 5.69 Å². The average molecular weight is 379 g/mol. The van der Waals surface area contributed by atoms with Crippen LogP contribution in [-0.4, -0.2) is 36.3 Å². The van der Waals surface area contributed by atoms with Gasteiger partial charge in [-0.25, -0.2) is 0 Å². The van der Waals surface area contributed by atoms with Crippen molar-refractivity contribution < 1.29 is 19.1 Å². The van der Waals surface area contributed by atoms with Gasteiger partial charge in [0.15, 0.2) is 0 Å². The van der Waals surface area contributed by atoms with Crippen molar-refractivity contribution in [3.8, 4) is 5.75 Å². The van der Waals surface area contributed by atoms with Crippen LogP contribution in [0.4, 0.5) is 5.69 Å². The molecule has 1 aliphatic rings. The summed E-state index contributed by atoms with van der Waals surface area (Å²) < 4.78 is 5.03. The molecular weight excluding hydrogens is 367 g/mol. The lowest BCUT2D eigenvalue weighted by molar-refractivity contribution is -0.116. The number of ether oxygens (including phenoxy) is 1. The Morgan fingerprint density at radius 1 is 1.04 bits per heavy atom. The first kappa shape index (κ1) is 17.3. The second-order valence-electron chi connectivity index (χ2n) is 5.29. The third-order valence-electron chi connectivity index (χ3n) is 3.69. The lowest BCUT2D eigenvalue weighted by Gasteiger charge is -2.13. The molecule has 2 aromatic carbocycles. The summed E-state index contributed by atoms with van der Waals surface area (Å²) in [5, 5.41) is 2.96. The Labute approximate surface area is 153 Å². The van der Waals surface area contributed by atoms with Crippen molar-refractivity contribution in [3.05, 3.63) is 57.6 Å². The van der Waals surface area contributed by atoms with Crippen molar-refractivity contribution in [2.75, 3.05) is 19.0 Å². The van der Waals surface area contributed by atoms with Crippen LogP contribution in [0.2, 0.25) is 10.0 Å². The van der Waals surface area contributed by atoms with Crippen LogP contribution in [-0.2, 0) is 4.79 Å². The number of carbonyl (C=O) groups is 3. The molecule has 0 saturated carbocycles. The van der Waals surface area contributed by atoms with Gasteiger partial charge in [-0.3, -0.25) is 19.3 Å². The predicted molar refractivity (Wildman–Crippen MR) is 93.5 cm³/mol. The number of hydrogen-bond acceptors (Lipinski definition) is 4. The first-order chi connectivity index (χ1) is 11.9. The van der Waals surface area contributed by atoms with E-state index in [1.165, 1.54) is 19.2 Å². The summed E-state index contributed by atoms with van der Waals surface area (Å²) in [6.07, 6.45) is 0. The molecule has 0 fully saturated rings. The van der Waals surface area contributed by atoms with Gasteiger partial charge in [0.25, 0.3) is 11.8 Å². The Morgan fingerprint density at radius 2 is 1.56 bits per heavy atom. The second kappa shape index (κ2) is 6.74. The number of methoxy groups -OCH3 is 1. The van der Waals surface area contributed by atoms with Crippen molar-refractivity contribution in [1.29, 1.82) is 0 Å². The van der Waals surface area contributed by atoms with Gasteiger partial charge in [-0.2, -0.15) is 0 Å². The number of nitrogens with zero attached hydrogens (tertiary/aromatic N) is 1. The summed E-state index contributed by atoms with van der Waals surface area (Å²) in [5.74, 6) is -1.02. The fourth-order valence-corrected chi connectivity index (χ4v) is 2.77. The van der Waals surface area contributed by atoms with Gasteiger partial charge in [-0.05, 0) is 36.4 Å². The van der Waals surface area contributed by atoms with Gasteiger partial charge in [-0.1, -0.05) is 23.2 Å². The molecule has 1 aliphatic heterocycles. The molecule has 1 heterocycles. The molecule has 0 spiro atoms. The molecule has 0 saturated heterocycles. The predicted octanol–water partition coefficient (Wildman–Crippen LogP) is 3.24. The van der Waals surface area contributed by atoms with Crippen LogP contribution in [0, 0.1) is 0 Å². The largest absolute Gasteiger partial charge is 0.497 e. The first-order valence-corrected chi connectivity index (χ1v) is 7.95. The summed E-state index contributed by atoms with van der Waals surface area (Å²) in [6.45, 7) is -0.409. The molecule has 0 aromatic heterocycles. The number of rotatable bonds is 4. The minimum absolute atomic E-state index is 0.136. The van der Waals surface area contributed by atoms with E-state index in [1.807, 2.05) is 0 Å². The van der Waals surface area contributed by atoms with Gasteiger partial charge in [0.1, 0.15) is 12.3 Å². The summed E-state index contributed by atoms with van der Waals surface area (Å²) in [7, 11) is 1.54. The number of carbonyl (C=O) groups excluding carboxylic acids is 3. The van der Waals surface area contributed by atoms with E-state index in [2.05, 4.69) is 5.32 Å². The molecule has 0 aliphatic carbocycles. The van der Waals surface area contributed by atoms with E-state index >= 15 is 0 Å². The fraction of sp³-hybridized carbons (Fsp3) is 0.118. The van der Waals surface area contributed by atoms with Crippen LogP contribution >= 0.6 is 23.2 Å². The maximum absolute atomic E-state index is 12.3. The molecule has 0 bridgehead atoms. The Balaban J connectivity index is 1.73. The fourth-order valence-electron chi connectivity index (χ4n) is 2.45. The van der Waals surface area contributed by atoms with Crippen LogP contribution in [0.15, 0.2) is 36.4 Å². The van der Waals surface area contributed by atoms with Gasteiger partial charge < -0.3 is 10.1 Å². The average Bonchev–Trinajstić information content (AvgIpc) is 2.81. The highest BCUT2D eigenvalue weighted by Gasteiger charge is 2.37. The number of anilines is 1. The maximum atomic E-state index is 12.3. The van der Waals surface area contributed by atoms with E-state index in [0.29, 0.717) is 11.4 Å². The molecule has 128 valence electrons. The standard InChI is InChI=1S/C17H12Cl2N2O4/c1-25-10-4-2-9(3-5-10)20-15(22)8-21-16(23)11-6-13(18)14(19)7-12(11)17(21)24/h2-7H,8H2,1H3,(H,20,22). The summed E-state index contributed by atoms with van der Waals surface area (Å²) >= 11 is 11.8. The number of amides is 3. The Kier molecular flexibility index (Phi) is 4.65. The maximum Gasteiger partial charge on any atom is 0.262 e. The minimum Gasteiger partial charge on any atom is -0.497 e. The van der Waals surface area contributed by atoms with Crippen molar-refractivity contribution in [1.82, 2.24) is 4.90 Å². The van der Waals surface area contributed by atoms with Crippen LogP contribution < -0.4 is 10.1 Å². The molecule has 3 rings (SSSR count). The molecular formula is C17H12Cl2N2O4. The zero-order chi connectivity index (χ0) is 18.1. The Hall–Kier alpha value is -2.57. The summed E-state index contributed by atoms with van der Waals surface area (Å²) in [4.78, 5) is 37.7. The molecule has 25 heavy (non-hydrogen) atoms. The van der Waals surface area contributed by atoms with Crippen molar-refractivity contribution in [3.63, 3.8) is 0 Å². The lowest BCUT2D eigenvalue weighted by atomic mass is 10.1. The van der Waals surface area contributed by atoms with Crippen LogP contribution in [0.25, 0.3) is 0 Å². The van der Waals surface area contributed by atoms with Gasteiger partial charge in [0.2, 0.25) is 5.91 Å². The van der Waals surface area contributed by atoms with Gasteiger partial charge >= 0.3 is 0 Å². The van der Waals surface area contributed by atoms with E-state index in [1.54, 1.807) is 24.3 Å². The molecule has 0 radical (unpaired) electrons. The highest BCUT2D eigenvalue weighted by molar-refractivity contribution is 6.43. The zero-order valence-corrected chi connectivity index (χ0v) is 14.5. The van der Waals surface area contributed by atoms with Crippen molar-refractivity contribution in [2.45, 2.75) is 0 Å². The smallest absolute Gasteiger partial charge is 0.262 e. The monoisotopic (exact) mass is 378 g/mol. The normalized spacial score (nSPS) is 13.0. The minimum atomic E-state index is -0.580. The highest BCUT2D eigenvalue weighted by atomic mass is 35.5. The number of halogens is 2. The molecule has 0 unspecified atom stereocenters. The zero-order valence-electron chi connectivity index (χ0n) is 13.0. The molecule has 8 heteroatoms. The molecule has 6 nitrogen and oxygen atoms in total. The molecule has 1 N–H and O–H groups in total. The third kappa shape index (κ3) is 3.31. The van der Waals surface area contributed by atoms with Crippen LogP contribution in [0.5, 0.6) is 5.75 Å². The van der Waals surface area contributed by atoms with Gasteiger partial charge in [-0.15, -0.1) is 0 Å². The van der Waals surface area contributed by atoms with E-state index in [-0.39, 0.29) is 21.2 Å². The van der Waals surface area contributed by atoms with Crippen LogP contribution in [0.1, 0.15) is 20.7 Å². The topological polar surface area (TPSA) is 75.7 Å². The summed E-state index contributed by atoms with van der Waals surface area (Å²) in [6, 6.07) is 9.34. The van der Waals surface area contributed by atoms with Crippen LogP contribution in [0.3, 0.4) is 0 Å². The quantitative estimate of drug-likeness (QED) is 0.828. The van der Waals surface area contributed by atoms with E-state index in [0.717, 1.165) is 4.90 Å². The van der Waals surface area contributed by atoms with Gasteiger partial charge in [0.05, 0.1) is 28.3 Å².